The Bertz CT molecular complexity index is 878. The van der Waals surface area contributed by atoms with Crippen LogP contribution in [0.5, 0.6) is 0 Å². The molecule has 2 aliphatic rings. The van der Waals surface area contributed by atoms with E-state index < -0.39 is 0 Å². The Morgan fingerprint density at radius 3 is 2.06 bits per heavy atom. The number of anilines is 2. The third-order valence-corrected chi connectivity index (χ3v) is 6.18. The molecule has 164 valence electrons. The Labute approximate surface area is 184 Å². The zero-order valence-corrected chi connectivity index (χ0v) is 18.1. The topological polar surface area (TPSA) is 55.9 Å². The van der Waals surface area contributed by atoms with Crippen LogP contribution in [0.3, 0.4) is 0 Å². The molecule has 4 rings (SSSR count). The smallest absolute Gasteiger partial charge is 0.321 e. The maximum absolute atomic E-state index is 13.1. The van der Waals surface area contributed by atoms with E-state index >= 15 is 0 Å². The maximum atomic E-state index is 13.1. The molecule has 6 heteroatoms. The zero-order valence-electron chi connectivity index (χ0n) is 18.1. The van der Waals surface area contributed by atoms with Gasteiger partial charge in [0.15, 0.2) is 0 Å². The molecule has 2 aromatic rings. The highest BCUT2D eigenvalue weighted by Gasteiger charge is 2.23. The first-order valence-electron chi connectivity index (χ1n) is 11.5. The number of hydrogen-bond donors (Lipinski definition) is 1. The second-order valence-corrected chi connectivity index (χ2v) is 8.35. The third-order valence-electron chi connectivity index (χ3n) is 6.18. The normalized spacial score (nSPS) is 17.6. The average Bonchev–Trinajstić information content (AvgIpc) is 3.23. The van der Waals surface area contributed by atoms with Gasteiger partial charge >= 0.3 is 6.03 Å². The van der Waals surface area contributed by atoms with Crippen LogP contribution in [0, 0.1) is 0 Å². The van der Waals surface area contributed by atoms with Gasteiger partial charge in [0, 0.05) is 44.8 Å². The van der Waals surface area contributed by atoms with E-state index in [1.54, 1.807) is 0 Å². The lowest BCUT2D eigenvalue weighted by molar-refractivity contribution is 0.0762. The average molecular weight is 421 g/mol. The second kappa shape index (κ2) is 10.3. The van der Waals surface area contributed by atoms with Crippen molar-refractivity contribution in [1.29, 1.82) is 0 Å². The molecule has 2 heterocycles. The minimum Gasteiger partial charge on any atom is -0.370 e. The summed E-state index contributed by atoms with van der Waals surface area (Å²) >= 11 is 0. The van der Waals surface area contributed by atoms with Crippen LogP contribution < -0.4 is 10.2 Å². The SMILES string of the molecule is O=C(Nc1ccccc1N1CCCCCC1)N1CCCN(C(=O)c2ccccc2)CC1. The number of benzene rings is 2. The number of nitrogens with zero attached hydrogens (tertiary/aromatic N) is 3. The van der Waals surface area contributed by atoms with E-state index in [-0.39, 0.29) is 11.9 Å². The molecule has 0 aromatic heterocycles. The van der Waals surface area contributed by atoms with Gasteiger partial charge in [-0.15, -0.1) is 0 Å². The van der Waals surface area contributed by atoms with Crippen LogP contribution in [0.4, 0.5) is 16.2 Å². The van der Waals surface area contributed by atoms with E-state index in [1.165, 1.54) is 25.7 Å². The minimum atomic E-state index is -0.0868. The molecule has 6 nitrogen and oxygen atoms in total. The van der Waals surface area contributed by atoms with Crippen molar-refractivity contribution in [3.8, 4) is 0 Å². The Hall–Kier alpha value is -3.02. The third kappa shape index (κ3) is 5.37. The van der Waals surface area contributed by atoms with E-state index in [0.29, 0.717) is 31.7 Å². The molecule has 0 bridgehead atoms. The molecule has 1 N–H and O–H groups in total. The molecule has 31 heavy (non-hydrogen) atoms. The molecule has 3 amide bonds. The first-order chi connectivity index (χ1) is 15.2. The minimum absolute atomic E-state index is 0.0365. The van der Waals surface area contributed by atoms with Crippen LogP contribution in [-0.2, 0) is 0 Å². The number of nitrogens with one attached hydrogen (secondary N) is 1. The molecule has 2 saturated heterocycles. The summed E-state index contributed by atoms with van der Waals surface area (Å²) < 4.78 is 0. The number of rotatable bonds is 3. The van der Waals surface area contributed by atoms with Gasteiger partial charge < -0.3 is 20.0 Å². The molecule has 0 saturated carbocycles. The standard InChI is InChI=1S/C25H32N4O2/c30-24(21-11-4-3-5-12-21)28-17-10-18-29(20-19-28)25(31)26-22-13-6-7-14-23(22)27-15-8-1-2-9-16-27/h3-7,11-14H,1-2,8-10,15-20H2,(H,26,31). The van der Waals surface area contributed by atoms with Gasteiger partial charge in [0.1, 0.15) is 0 Å². The molecule has 0 spiro atoms. The van der Waals surface area contributed by atoms with Crippen LogP contribution in [0.1, 0.15) is 42.5 Å². The lowest BCUT2D eigenvalue weighted by Gasteiger charge is -2.27. The predicted molar refractivity (Wildman–Crippen MR) is 125 cm³/mol. The molecular formula is C25H32N4O2. The predicted octanol–water partition coefficient (Wildman–Crippen LogP) is 4.45. The van der Waals surface area contributed by atoms with Gasteiger partial charge in [-0.3, -0.25) is 4.79 Å². The van der Waals surface area contributed by atoms with Gasteiger partial charge in [0.25, 0.3) is 5.91 Å². The molecule has 0 radical (unpaired) electrons. The van der Waals surface area contributed by atoms with E-state index in [4.69, 9.17) is 0 Å². The highest BCUT2D eigenvalue weighted by Crippen LogP contribution is 2.28. The summed E-state index contributed by atoms with van der Waals surface area (Å²) in [4.78, 5) is 31.9. The molecule has 2 fully saturated rings. The van der Waals surface area contributed by atoms with E-state index in [0.717, 1.165) is 30.9 Å². The van der Waals surface area contributed by atoms with Gasteiger partial charge in [0.2, 0.25) is 0 Å². The van der Waals surface area contributed by atoms with Crippen LogP contribution >= 0.6 is 0 Å². The van der Waals surface area contributed by atoms with E-state index in [9.17, 15) is 9.59 Å². The van der Waals surface area contributed by atoms with Crippen molar-refractivity contribution in [3.63, 3.8) is 0 Å². The molecule has 2 aliphatic heterocycles. The molecular weight excluding hydrogens is 388 g/mol. The van der Waals surface area contributed by atoms with Crippen molar-refractivity contribution >= 4 is 23.3 Å². The lowest BCUT2D eigenvalue weighted by Crippen LogP contribution is -2.39. The van der Waals surface area contributed by atoms with Crippen LogP contribution in [0.15, 0.2) is 54.6 Å². The summed E-state index contributed by atoms with van der Waals surface area (Å²) in [5.74, 6) is 0.0365. The number of carbonyl (C=O) groups is 2. The summed E-state index contributed by atoms with van der Waals surface area (Å²) in [5, 5.41) is 3.14. The van der Waals surface area contributed by atoms with Gasteiger partial charge in [0.05, 0.1) is 11.4 Å². The van der Waals surface area contributed by atoms with Crippen molar-refractivity contribution in [3.05, 3.63) is 60.2 Å². The van der Waals surface area contributed by atoms with E-state index in [2.05, 4.69) is 16.3 Å². The molecule has 0 aliphatic carbocycles. The van der Waals surface area contributed by atoms with Crippen LogP contribution in [-0.4, -0.2) is 61.0 Å². The monoisotopic (exact) mass is 420 g/mol. The quantitative estimate of drug-likeness (QED) is 0.798. The number of carbonyl (C=O) groups excluding carboxylic acids is 2. The fraction of sp³-hybridized carbons (Fsp3) is 0.440. The molecule has 0 unspecified atom stereocenters. The van der Waals surface area contributed by atoms with Crippen LogP contribution in [0.25, 0.3) is 0 Å². The maximum Gasteiger partial charge on any atom is 0.321 e. The Kier molecular flexibility index (Phi) is 7.07. The van der Waals surface area contributed by atoms with Gasteiger partial charge in [-0.05, 0) is 43.5 Å². The van der Waals surface area contributed by atoms with Crippen molar-refractivity contribution in [2.24, 2.45) is 0 Å². The first kappa shape index (κ1) is 21.2. The Morgan fingerprint density at radius 2 is 1.29 bits per heavy atom. The highest BCUT2D eigenvalue weighted by molar-refractivity contribution is 5.95. The Balaban J connectivity index is 1.39. The van der Waals surface area contributed by atoms with Crippen molar-refractivity contribution < 1.29 is 9.59 Å². The largest absolute Gasteiger partial charge is 0.370 e. The zero-order chi connectivity index (χ0) is 21.5. The second-order valence-electron chi connectivity index (χ2n) is 8.35. The van der Waals surface area contributed by atoms with Crippen molar-refractivity contribution in [1.82, 2.24) is 9.80 Å². The molecule has 0 atom stereocenters. The van der Waals surface area contributed by atoms with E-state index in [1.807, 2.05) is 58.3 Å². The summed E-state index contributed by atoms with van der Waals surface area (Å²) in [6.45, 7) is 4.48. The lowest BCUT2D eigenvalue weighted by atomic mass is 10.2. The highest BCUT2D eigenvalue weighted by atomic mass is 16.2. The number of para-hydroxylation sites is 2. The van der Waals surface area contributed by atoms with Crippen molar-refractivity contribution in [2.45, 2.75) is 32.1 Å². The van der Waals surface area contributed by atoms with Gasteiger partial charge in [-0.2, -0.15) is 0 Å². The molecule has 2 aromatic carbocycles. The first-order valence-corrected chi connectivity index (χ1v) is 11.5. The summed E-state index contributed by atoms with van der Waals surface area (Å²) in [5.41, 5.74) is 2.68. The Morgan fingerprint density at radius 1 is 0.645 bits per heavy atom. The summed E-state index contributed by atoms with van der Waals surface area (Å²) in [6.07, 6.45) is 5.72. The summed E-state index contributed by atoms with van der Waals surface area (Å²) in [6, 6.07) is 17.4. The number of urea groups is 1. The fourth-order valence-corrected chi connectivity index (χ4v) is 4.45. The number of amides is 3. The van der Waals surface area contributed by atoms with Gasteiger partial charge in [-0.1, -0.05) is 43.2 Å². The fourth-order valence-electron chi connectivity index (χ4n) is 4.45. The summed E-state index contributed by atoms with van der Waals surface area (Å²) in [7, 11) is 0. The van der Waals surface area contributed by atoms with Crippen LogP contribution in [0.2, 0.25) is 0 Å². The number of hydrogen-bond acceptors (Lipinski definition) is 3. The van der Waals surface area contributed by atoms with Gasteiger partial charge in [-0.25, -0.2) is 4.79 Å². The van der Waals surface area contributed by atoms with Crippen molar-refractivity contribution in [2.75, 3.05) is 49.5 Å².